The van der Waals surface area contributed by atoms with Gasteiger partial charge in [0.15, 0.2) is 11.8 Å². The predicted molar refractivity (Wildman–Crippen MR) is 79.5 cm³/mol. The molecule has 3 aromatic rings. The summed E-state index contributed by atoms with van der Waals surface area (Å²) in [4.78, 5) is 35.0. The van der Waals surface area contributed by atoms with E-state index in [0.29, 0.717) is 5.56 Å². The fourth-order valence-corrected chi connectivity index (χ4v) is 2.17. The van der Waals surface area contributed by atoms with Crippen molar-refractivity contribution < 1.29 is 14.3 Å². The molecular weight excluding hydrogens is 282 g/mol. The highest BCUT2D eigenvalue weighted by atomic mass is 16.5. The van der Waals surface area contributed by atoms with E-state index in [4.69, 9.17) is 4.74 Å². The molecule has 2 heterocycles. The van der Waals surface area contributed by atoms with Gasteiger partial charge in [-0.25, -0.2) is 9.78 Å². The van der Waals surface area contributed by atoms with Gasteiger partial charge in [-0.15, -0.1) is 0 Å². The van der Waals surface area contributed by atoms with Gasteiger partial charge in [-0.1, -0.05) is 18.2 Å². The molecule has 0 saturated carbocycles. The Morgan fingerprint density at radius 1 is 1.23 bits per heavy atom. The SMILES string of the molecule is CC(OC(=O)c1cnccn1)C(=O)c1c[nH]c2ccccc12. The molecule has 22 heavy (non-hydrogen) atoms. The highest BCUT2D eigenvalue weighted by molar-refractivity contribution is 6.10. The summed E-state index contributed by atoms with van der Waals surface area (Å²) in [6.45, 7) is 1.54. The molecule has 110 valence electrons. The second-order valence-electron chi connectivity index (χ2n) is 4.75. The number of benzene rings is 1. The number of carbonyl (C=O) groups excluding carboxylic acids is 2. The van der Waals surface area contributed by atoms with Crippen LogP contribution in [0.4, 0.5) is 0 Å². The van der Waals surface area contributed by atoms with Gasteiger partial charge in [-0.05, 0) is 13.0 Å². The lowest BCUT2D eigenvalue weighted by Gasteiger charge is -2.11. The van der Waals surface area contributed by atoms with Gasteiger partial charge in [0.1, 0.15) is 0 Å². The van der Waals surface area contributed by atoms with E-state index < -0.39 is 12.1 Å². The lowest BCUT2D eigenvalue weighted by Crippen LogP contribution is -2.24. The molecule has 6 nitrogen and oxygen atoms in total. The lowest BCUT2D eigenvalue weighted by atomic mass is 10.1. The first-order valence-corrected chi connectivity index (χ1v) is 6.74. The number of aromatic nitrogens is 3. The van der Waals surface area contributed by atoms with Crippen molar-refractivity contribution in [2.75, 3.05) is 0 Å². The lowest BCUT2D eigenvalue weighted by molar-refractivity contribution is 0.0313. The number of aromatic amines is 1. The molecule has 0 aliphatic carbocycles. The first-order valence-electron chi connectivity index (χ1n) is 6.74. The van der Waals surface area contributed by atoms with Gasteiger partial charge < -0.3 is 9.72 Å². The molecule has 0 saturated heterocycles. The first-order chi connectivity index (χ1) is 10.7. The van der Waals surface area contributed by atoms with Crippen molar-refractivity contribution in [3.63, 3.8) is 0 Å². The molecule has 1 aromatic carbocycles. The molecule has 1 unspecified atom stereocenters. The summed E-state index contributed by atoms with van der Waals surface area (Å²) in [5, 5.41) is 0.801. The van der Waals surface area contributed by atoms with Crippen molar-refractivity contribution in [1.29, 1.82) is 0 Å². The number of carbonyl (C=O) groups is 2. The molecule has 0 radical (unpaired) electrons. The molecule has 0 amide bonds. The third kappa shape index (κ3) is 2.58. The van der Waals surface area contributed by atoms with Crippen LogP contribution in [0.25, 0.3) is 10.9 Å². The average Bonchev–Trinajstić information content (AvgIpc) is 2.99. The van der Waals surface area contributed by atoms with Crippen LogP contribution in [0.5, 0.6) is 0 Å². The summed E-state index contributed by atoms with van der Waals surface area (Å²) in [5.41, 5.74) is 1.43. The maximum absolute atomic E-state index is 12.5. The number of nitrogens with one attached hydrogen (secondary N) is 1. The number of hydrogen-bond donors (Lipinski definition) is 1. The average molecular weight is 295 g/mol. The van der Waals surface area contributed by atoms with E-state index >= 15 is 0 Å². The Hall–Kier alpha value is -3.02. The van der Waals surface area contributed by atoms with Crippen LogP contribution in [0.1, 0.15) is 27.8 Å². The zero-order valence-electron chi connectivity index (χ0n) is 11.8. The second kappa shape index (κ2) is 5.77. The van der Waals surface area contributed by atoms with Gasteiger partial charge in [-0.2, -0.15) is 0 Å². The highest BCUT2D eigenvalue weighted by Crippen LogP contribution is 2.20. The Kier molecular flexibility index (Phi) is 3.65. The zero-order valence-corrected chi connectivity index (χ0v) is 11.8. The Morgan fingerprint density at radius 3 is 2.82 bits per heavy atom. The first kappa shape index (κ1) is 13.9. The van der Waals surface area contributed by atoms with Crippen molar-refractivity contribution in [1.82, 2.24) is 15.0 Å². The molecular formula is C16H13N3O3. The van der Waals surface area contributed by atoms with E-state index in [9.17, 15) is 9.59 Å². The number of rotatable bonds is 4. The Morgan fingerprint density at radius 2 is 2.05 bits per heavy atom. The van der Waals surface area contributed by atoms with Gasteiger partial charge in [0, 0.05) is 35.1 Å². The highest BCUT2D eigenvalue weighted by Gasteiger charge is 2.23. The van der Waals surface area contributed by atoms with Gasteiger partial charge in [0.25, 0.3) is 0 Å². The summed E-state index contributed by atoms with van der Waals surface area (Å²) in [5.74, 6) is -0.941. The second-order valence-corrected chi connectivity index (χ2v) is 4.75. The van der Waals surface area contributed by atoms with Crippen molar-refractivity contribution in [2.24, 2.45) is 0 Å². The summed E-state index contributed by atoms with van der Waals surface area (Å²) >= 11 is 0. The number of ketones is 1. The minimum atomic E-state index is -0.909. The third-order valence-electron chi connectivity index (χ3n) is 3.28. The van der Waals surface area contributed by atoms with Crippen LogP contribution in [0.15, 0.2) is 49.1 Å². The Bertz CT molecular complexity index is 827. The van der Waals surface area contributed by atoms with Crippen molar-refractivity contribution in [2.45, 2.75) is 13.0 Å². The minimum absolute atomic E-state index is 0.0704. The van der Waals surface area contributed by atoms with Gasteiger partial charge >= 0.3 is 5.97 Å². The van der Waals surface area contributed by atoms with E-state index in [2.05, 4.69) is 15.0 Å². The van der Waals surface area contributed by atoms with Crippen LogP contribution < -0.4 is 0 Å². The predicted octanol–water partition coefficient (Wildman–Crippen LogP) is 2.39. The quantitative estimate of drug-likeness (QED) is 0.590. The van der Waals surface area contributed by atoms with Crippen LogP contribution in [0.3, 0.4) is 0 Å². The smallest absolute Gasteiger partial charge is 0.359 e. The number of nitrogens with zero attached hydrogens (tertiary/aromatic N) is 2. The fraction of sp³-hybridized carbons (Fsp3) is 0.125. The monoisotopic (exact) mass is 295 g/mol. The van der Waals surface area contributed by atoms with E-state index in [1.54, 1.807) is 13.1 Å². The number of Topliss-reactive ketones (excluding diaryl/α,β-unsaturated/α-hetero) is 1. The molecule has 0 bridgehead atoms. The summed E-state index contributed by atoms with van der Waals surface area (Å²) < 4.78 is 5.17. The summed E-state index contributed by atoms with van der Waals surface area (Å²) in [6.07, 6.45) is 4.86. The summed E-state index contributed by atoms with van der Waals surface area (Å²) in [6, 6.07) is 7.45. The molecule has 6 heteroatoms. The molecule has 3 rings (SSSR count). The molecule has 0 spiro atoms. The molecule has 0 fully saturated rings. The van der Waals surface area contributed by atoms with Crippen molar-refractivity contribution >= 4 is 22.7 Å². The third-order valence-corrected chi connectivity index (χ3v) is 3.28. The minimum Gasteiger partial charge on any atom is -0.449 e. The summed E-state index contributed by atoms with van der Waals surface area (Å²) in [7, 11) is 0. The maximum Gasteiger partial charge on any atom is 0.359 e. The van der Waals surface area contributed by atoms with Crippen molar-refractivity contribution in [3.05, 3.63) is 60.3 Å². The maximum atomic E-state index is 12.5. The Labute approximate surface area is 126 Å². The van der Waals surface area contributed by atoms with Crippen molar-refractivity contribution in [3.8, 4) is 0 Å². The standard InChI is InChI=1S/C16H13N3O3/c1-10(22-16(21)14-9-17-6-7-18-14)15(20)12-8-19-13-5-3-2-4-11(12)13/h2-10,19H,1H3. The van der Waals surface area contributed by atoms with Gasteiger partial charge in [-0.3, -0.25) is 9.78 Å². The van der Waals surface area contributed by atoms with Crippen LogP contribution in [0, 0.1) is 0 Å². The topological polar surface area (TPSA) is 84.9 Å². The molecule has 1 atom stereocenters. The van der Waals surface area contributed by atoms with E-state index in [0.717, 1.165) is 10.9 Å². The van der Waals surface area contributed by atoms with Gasteiger partial charge in [0.2, 0.25) is 5.78 Å². The number of hydrogen-bond acceptors (Lipinski definition) is 5. The van der Waals surface area contributed by atoms with Gasteiger partial charge in [0.05, 0.1) is 6.20 Å². The fourth-order valence-electron chi connectivity index (χ4n) is 2.17. The van der Waals surface area contributed by atoms with Crippen LogP contribution in [0.2, 0.25) is 0 Å². The van der Waals surface area contributed by atoms with Crippen LogP contribution in [-0.4, -0.2) is 32.8 Å². The van der Waals surface area contributed by atoms with Crippen LogP contribution in [-0.2, 0) is 4.74 Å². The number of fused-ring (bicyclic) bond motifs is 1. The molecule has 1 N–H and O–H groups in total. The molecule has 2 aromatic heterocycles. The largest absolute Gasteiger partial charge is 0.449 e. The number of para-hydroxylation sites is 1. The number of ether oxygens (including phenoxy) is 1. The molecule has 0 aliphatic heterocycles. The molecule has 0 aliphatic rings. The Balaban J connectivity index is 1.79. The number of H-pyrrole nitrogens is 1. The normalized spacial score (nSPS) is 12.0. The van der Waals surface area contributed by atoms with E-state index in [-0.39, 0.29) is 11.5 Å². The van der Waals surface area contributed by atoms with Crippen LogP contribution >= 0.6 is 0 Å². The zero-order chi connectivity index (χ0) is 15.5. The van der Waals surface area contributed by atoms with E-state index in [1.165, 1.54) is 18.6 Å². The number of esters is 1. The van der Waals surface area contributed by atoms with E-state index in [1.807, 2.05) is 24.3 Å².